The van der Waals surface area contributed by atoms with Crippen molar-refractivity contribution in [2.75, 3.05) is 40.4 Å². The van der Waals surface area contributed by atoms with E-state index >= 15 is 0 Å². The Kier molecular flexibility index (Phi) is 6.35. The zero-order chi connectivity index (χ0) is 20.9. The van der Waals surface area contributed by atoms with Gasteiger partial charge in [0.05, 0.1) is 6.61 Å². The number of imidazole rings is 1. The summed E-state index contributed by atoms with van der Waals surface area (Å²) in [5.74, 6) is 0.287. The number of hydrogen-bond acceptors (Lipinski definition) is 6. The number of hydrogen-bond donors (Lipinski definition) is 0. The minimum Gasteiger partial charge on any atom is -0.383 e. The second kappa shape index (κ2) is 9.32. The molecule has 0 spiro atoms. The number of fused-ring (bicyclic) bond motifs is 1. The Morgan fingerprint density at radius 2 is 2.07 bits per heavy atom. The largest absolute Gasteiger partial charge is 0.383 e. The fraction of sp³-hybridized carbons (Fsp3) is 0.455. The number of pyridine rings is 1. The molecule has 0 N–H and O–H groups in total. The van der Waals surface area contributed by atoms with Gasteiger partial charge in [0.25, 0.3) is 5.91 Å². The third kappa shape index (κ3) is 4.34. The number of carbonyl (C=O) groups is 1. The molecule has 0 radical (unpaired) electrons. The lowest BCUT2D eigenvalue weighted by molar-refractivity contribution is 0.0741. The first-order valence-electron chi connectivity index (χ1n) is 10.3. The zero-order valence-corrected chi connectivity index (χ0v) is 17.6. The maximum atomic E-state index is 12.8. The third-order valence-electron chi connectivity index (χ3n) is 5.78. The monoisotopic (exact) mass is 408 g/mol. The molecule has 1 saturated heterocycles. The predicted octanol–water partition coefficient (Wildman–Crippen LogP) is 2.22. The Bertz CT molecular complexity index is 982. The molecule has 8 heteroatoms. The number of aromatic nitrogens is 4. The number of rotatable bonds is 7. The maximum absolute atomic E-state index is 12.8. The fourth-order valence-corrected chi connectivity index (χ4v) is 4.05. The van der Waals surface area contributed by atoms with Gasteiger partial charge < -0.3 is 9.64 Å². The van der Waals surface area contributed by atoms with Crippen molar-refractivity contribution in [2.24, 2.45) is 0 Å². The lowest BCUT2D eigenvalue weighted by Gasteiger charge is -2.32. The first-order chi connectivity index (χ1) is 14.7. The number of carbonyl (C=O) groups excluding carboxylic acids is 1. The van der Waals surface area contributed by atoms with Gasteiger partial charge in [-0.3, -0.25) is 19.1 Å². The molecule has 1 aliphatic rings. The van der Waals surface area contributed by atoms with Crippen molar-refractivity contribution in [1.82, 2.24) is 29.2 Å². The molecule has 1 fully saturated rings. The molecule has 1 amide bonds. The van der Waals surface area contributed by atoms with Crippen LogP contribution >= 0.6 is 0 Å². The van der Waals surface area contributed by atoms with Gasteiger partial charge in [-0.05, 0) is 43.6 Å². The Hall–Kier alpha value is -2.84. The van der Waals surface area contributed by atoms with E-state index < -0.39 is 0 Å². The standard InChI is InChI=1S/C22H28N6O2/c1-26(12-13-30-2)22(29)20-21-24-9-5-19(28(21)16-25-20)18-6-10-27(11-7-18)15-17-4-3-8-23-14-17/h3-5,8-9,14,16,18H,6-7,10-13,15H2,1-2H3. The van der Waals surface area contributed by atoms with Crippen LogP contribution in [-0.4, -0.2) is 75.5 Å². The summed E-state index contributed by atoms with van der Waals surface area (Å²) in [6, 6.07) is 6.17. The van der Waals surface area contributed by atoms with Crippen LogP contribution in [0, 0.1) is 0 Å². The van der Waals surface area contributed by atoms with Crippen LogP contribution in [0.15, 0.2) is 43.1 Å². The molecular weight excluding hydrogens is 380 g/mol. The van der Waals surface area contributed by atoms with E-state index in [1.807, 2.05) is 22.9 Å². The van der Waals surface area contributed by atoms with Crippen molar-refractivity contribution in [3.8, 4) is 0 Å². The minimum atomic E-state index is -0.134. The second-order valence-electron chi connectivity index (χ2n) is 7.79. The normalized spacial score (nSPS) is 15.5. The molecular formula is C22H28N6O2. The molecule has 0 unspecified atom stereocenters. The average molecular weight is 409 g/mol. The van der Waals surface area contributed by atoms with Gasteiger partial charge in [-0.15, -0.1) is 0 Å². The van der Waals surface area contributed by atoms with Crippen LogP contribution in [0.1, 0.15) is 40.5 Å². The Morgan fingerprint density at radius 3 is 2.80 bits per heavy atom. The molecule has 3 aromatic heterocycles. The number of amides is 1. The number of nitrogens with zero attached hydrogens (tertiary/aromatic N) is 6. The Balaban J connectivity index is 1.46. The van der Waals surface area contributed by atoms with Crippen molar-refractivity contribution >= 4 is 11.6 Å². The molecule has 3 aromatic rings. The number of ether oxygens (including phenoxy) is 1. The van der Waals surface area contributed by atoms with E-state index in [0.29, 0.717) is 30.4 Å². The summed E-state index contributed by atoms with van der Waals surface area (Å²) in [5, 5.41) is 0. The summed E-state index contributed by atoms with van der Waals surface area (Å²) in [6.45, 7) is 4.00. The average Bonchev–Trinajstić information content (AvgIpc) is 3.22. The van der Waals surface area contributed by atoms with Crippen molar-refractivity contribution in [1.29, 1.82) is 0 Å². The Labute approximate surface area is 176 Å². The third-order valence-corrected chi connectivity index (χ3v) is 5.78. The van der Waals surface area contributed by atoms with Crippen LogP contribution in [0.3, 0.4) is 0 Å². The molecule has 1 aliphatic heterocycles. The number of piperidine rings is 1. The van der Waals surface area contributed by atoms with E-state index in [4.69, 9.17) is 4.74 Å². The zero-order valence-electron chi connectivity index (χ0n) is 17.6. The molecule has 158 valence electrons. The first kappa shape index (κ1) is 20.4. The van der Waals surface area contributed by atoms with E-state index in [9.17, 15) is 4.79 Å². The van der Waals surface area contributed by atoms with Crippen LogP contribution < -0.4 is 0 Å². The van der Waals surface area contributed by atoms with E-state index in [1.54, 1.807) is 31.6 Å². The second-order valence-corrected chi connectivity index (χ2v) is 7.79. The van der Waals surface area contributed by atoms with Crippen molar-refractivity contribution < 1.29 is 9.53 Å². The highest BCUT2D eigenvalue weighted by atomic mass is 16.5. The smallest absolute Gasteiger partial charge is 0.276 e. The number of likely N-dealkylation sites (N-methyl/N-ethyl adjacent to an activating group) is 1. The summed E-state index contributed by atoms with van der Waals surface area (Å²) < 4.78 is 7.05. The molecule has 0 atom stereocenters. The van der Waals surface area contributed by atoms with Gasteiger partial charge in [0.15, 0.2) is 11.3 Å². The molecule has 8 nitrogen and oxygen atoms in total. The van der Waals surface area contributed by atoms with Gasteiger partial charge in [-0.25, -0.2) is 9.97 Å². The van der Waals surface area contributed by atoms with E-state index in [1.165, 1.54) is 11.3 Å². The topological polar surface area (TPSA) is 75.9 Å². The first-order valence-corrected chi connectivity index (χ1v) is 10.3. The van der Waals surface area contributed by atoms with E-state index in [2.05, 4.69) is 32.0 Å². The summed E-state index contributed by atoms with van der Waals surface area (Å²) in [6.07, 6.45) is 9.40. The molecule has 0 saturated carbocycles. The molecule has 4 heterocycles. The van der Waals surface area contributed by atoms with Crippen LogP contribution in [0.5, 0.6) is 0 Å². The van der Waals surface area contributed by atoms with Gasteiger partial charge >= 0.3 is 0 Å². The molecule has 0 bridgehead atoms. The molecule has 0 aliphatic carbocycles. The van der Waals surface area contributed by atoms with E-state index in [-0.39, 0.29) is 5.91 Å². The van der Waals surface area contributed by atoms with Crippen LogP contribution in [-0.2, 0) is 11.3 Å². The lowest BCUT2D eigenvalue weighted by Crippen LogP contribution is -2.33. The quantitative estimate of drug-likeness (QED) is 0.597. The van der Waals surface area contributed by atoms with Crippen LogP contribution in [0.4, 0.5) is 0 Å². The molecule has 4 rings (SSSR count). The summed E-state index contributed by atoms with van der Waals surface area (Å²) in [4.78, 5) is 29.9. The number of likely N-dealkylation sites (tertiary alicyclic amines) is 1. The molecule has 0 aromatic carbocycles. The van der Waals surface area contributed by atoms with Gasteiger partial charge in [-0.1, -0.05) is 6.07 Å². The highest BCUT2D eigenvalue weighted by Gasteiger charge is 2.25. The van der Waals surface area contributed by atoms with Crippen molar-refractivity contribution in [2.45, 2.75) is 25.3 Å². The van der Waals surface area contributed by atoms with Gasteiger partial charge in [0.1, 0.15) is 6.33 Å². The van der Waals surface area contributed by atoms with Crippen molar-refractivity contribution in [3.05, 3.63) is 60.1 Å². The fourth-order valence-electron chi connectivity index (χ4n) is 4.05. The minimum absolute atomic E-state index is 0.134. The molecule has 30 heavy (non-hydrogen) atoms. The number of methoxy groups -OCH3 is 1. The SMILES string of the molecule is COCCN(C)C(=O)c1ncn2c(C3CCN(Cc4cccnc4)CC3)ccnc12. The predicted molar refractivity (Wildman–Crippen MR) is 113 cm³/mol. The Morgan fingerprint density at radius 1 is 1.23 bits per heavy atom. The van der Waals surface area contributed by atoms with Crippen LogP contribution in [0.2, 0.25) is 0 Å². The van der Waals surface area contributed by atoms with Gasteiger partial charge in [-0.2, -0.15) is 0 Å². The lowest BCUT2D eigenvalue weighted by atomic mass is 9.93. The van der Waals surface area contributed by atoms with E-state index in [0.717, 1.165) is 32.5 Å². The summed E-state index contributed by atoms with van der Waals surface area (Å²) in [7, 11) is 3.38. The van der Waals surface area contributed by atoms with Crippen LogP contribution in [0.25, 0.3) is 5.65 Å². The maximum Gasteiger partial charge on any atom is 0.276 e. The highest BCUT2D eigenvalue weighted by Crippen LogP contribution is 2.29. The van der Waals surface area contributed by atoms with Gasteiger partial charge in [0, 0.05) is 57.4 Å². The summed E-state index contributed by atoms with van der Waals surface area (Å²) in [5.41, 5.74) is 3.44. The van der Waals surface area contributed by atoms with Gasteiger partial charge in [0.2, 0.25) is 0 Å². The summed E-state index contributed by atoms with van der Waals surface area (Å²) >= 11 is 0. The highest BCUT2D eigenvalue weighted by molar-refractivity contribution is 5.97. The van der Waals surface area contributed by atoms with Crippen molar-refractivity contribution in [3.63, 3.8) is 0 Å².